The summed E-state index contributed by atoms with van der Waals surface area (Å²) in [4.78, 5) is 2.38. The molecule has 20 heavy (non-hydrogen) atoms. The van der Waals surface area contributed by atoms with E-state index in [9.17, 15) is 0 Å². The van der Waals surface area contributed by atoms with Crippen LogP contribution in [0.5, 0.6) is 5.75 Å². The van der Waals surface area contributed by atoms with Crippen LogP contribution in [0.3, 0.4) is 0 Å². The lowest BCUT2D eigenvalue weighted by Crippen LogP contribution is -2.43. The molecule has 1 saturated heterocycles. The zero-order valence-electron chi connectivity index (χ0n) is 12.8. The Balaban J connectivity index is 2.01. The quantitative estimate of drug-likeness (QED) is 0.898. The second kappa shape index (κ2) is 6.95. The Hall–Kier alpha value is -1.26. The lowest BCUT2D eigenvalue weighted by molar-refractivity contribution is 0.0716. The third-order valence-corrected chi connectivity index (χ3v) is 3.85. The fourth-order valence-corrected chi connectivity index (χ4v) is 2.58. The van der Waals surface area contributed by atoms with Crippen LogP contribution >= 0.6 is 0 Å². The van der Waals surface area contributed by atoms with Gasteiger partial charge in [-0.1, -0.05) is 0 Å². The van der Waals surface area contributed by atoms with Crippen molar-refractivity contribution in [3.63, 3.8) is 0 Å². The molecule has 0 radical (unpaired) electrons. The predicted molar refractivity (Wildman–Crippen MR) is 82.6 cm³/mol. The van der Waals surface area contributed by atoms with E-state index in [4.69, 9.17) is 15.2 Å². The first-order chi connectivity index (χ1) is 9.60. The van der Waals surface area contributed by atoms with Gasteiger partial charge in [0.05, 0.1) is 6.10 Å². The molecule has 4 nitrogen and oxygen atoms in total. The van der Waals surface area contributed by atoms with Crippen LogP contribution in [0, 0.1) is 6.92 Å². The van der Waals surface area contributed by atoms with Crippen molar-refractivity contribution in [2.45, 2.75) is 38.8 Å². The molecular weight excluding hydrogens is 252 g/mol. The van der Waals surface area contributed by atoms with Crippen LogP contribution in [0.2, 0.25) is 0 Å². The predicted octanol–water partition coefficient (Wildman–Crippen LogP) is 2.34. The van der Waals surface area contributed by atoms with E-state index < -0.39 is 0 Å². The van der Waals surface area contributed by atoms with Gasteiger partial charge in [0.1, 0.15) is 12.4 Å². The zero-order valence-corrected chi connectivity index (χ0v) is 12.8. The average Bonchev–Trinajstić information content (AvgIpc) is 2.44. The van der Waals surface area contributed by atoms with Crippen LogP contribution in [-0.4, -0.2) is 39.0 Å². The molecule has 2 atom stereocenters. The first kappa shape index (κ1) is 15.1. The maximum Gasteiger partial charge on any atom is 0.119 e. The number of ether oxygens (including phenoxy) is 2. The lowest BCUT2D eigenvalue weighted by atomic mass is 10.0. The van der Waals surface area contributed by atoms with Crippen LogP contribution in [0.1, 0.15) is 25.3 Å². The number of nitrogens with zero attached hydrogens (tertiary/aromatic N) is 1. The topological polar surface area (TPSA) is 47.7 Å². The van der Waals surface area contributed by atoms with Crippen molar-refractivity contribution >= 4 is 5.69 Å². The minimum atomic E-state index is 0.107. The summed E-state index contributed by atoms with van der Waals surface area (Å²) in [6, 6.07) is 6.56. The van der Waals surface area contributed by atoms with E-state index in [1.165, 1.54) is 17.7 Å². The summed E-state index contributed by atoms with van der Waals surface area (Å²) < 4.78 is 10.9. The van der Waals surface area contributed by atoms with Gasteiger partial charge in [-0.2, -0.15) is 0 Å². The van der Waals surface area contributed by atoms with Gasteiger partial charge in [-0.05, 0) is 50.5 Å². The molecule has 1 aliphatic rings. The van der Waals surface area contributed by atoms with Gasteiger partial charge in [-0.3, -0.25) is 0 Å². The Bertz CT molecular complexity index is 436. The van der Waals surface area contributed by atoms with Gasteiger partial charge in [0.2, 0.25) is 0 Å². The smallest absolute Gasteiger partial charge is 0.119 e. The zero-order chi connectivity index (χ0) is 14.5. The van der Waals surface area contributed by atoms with Crippen molar-refractivity contribution in [1.29, 1.82) is 0 Å². The molecule has 4 heteroatoms. The molecule has 1 heterocycles. The Morgan fingerprint density at radius 3 is 2.90 bits per heavy atom. The van der Waals surface area contributed by atoms with Crippen molar-refractivity contribution in [2.75, 3.05) is 31.7 Å². The van der Waals surface area contributed by atoms with Crippen molar-refractivity contribution in [1.82, 2.24) is 0 Å². The van der Waals surface area contributed by atoms with Crippen molar-refractivity contribution in [3.8, 4) is 5.75 Å². The molecule has 2 N–H and O–H groups in total. The van der Waals surface area contributed by atoms with Crippen LogP contribution in [0.25, 0.3) is 0 Å². The molecule has 0 aromatic heterocycles. The molecular formula is C16H26N2O2. The number of rotatable bonds is 5. The summed E-state index contributed by atoms with van der Waals surface area (Å²) in [5, 5.41) is 0. The highest BCUT2D eigenvalue weighted by Crippen LogP contribution is 2.27. The largest absolute Gasteiger partial charge is 0.491 e. The SMILES string of the molecule is COC(C)COc1ccc(N2CCCC(N)C2)c(C)c1. The first-order valence-corrected chi connectivity index (χ1v) is 7.37. The summed E-state index contributed by atoms with van der Waals surface area (Å²) in [5.41, 5.74) is 8.57. The molecule has 0 bridgehead atoms. The number of hydrogen-bond donors (Lipinski definition) is 1. The number of methoxy groups -OCH3 is 1. The maximum absolute atomic E-state index is 6.06. The Morgan fingerprint density at radius 1 is 1.45 bits per heavy atom. The van der Waals surface area contributed by atoms with Crippen molar-refractivity contribution < 1.29 is 9.47 Å². The minimum Gasteiger partial charge on any atom is -0.491 e. The molecule has 1 aromatic rings. The molecule has 0 saturated carbocycles. The van der Waals surface area contributed by atoms with Crippen molar-refractivity contribution in [2.24, 2.45) is 5.73 Å². The number of aryl methyl sites for hydroxylation is 1. The molecule has 2 rings (SSSR count). The second-order valence-electron chi connectivity index (χ2n) is 5.65. The van der Waals surface area contributed by atoms with Crippen LogP contribution in [0.4, 0.5) is 5.69 Å². The van der Waals surface area contributed by atoms with E-state index in [1.54, 1.807) is 7.11 Å². The number of nitrogens with two attached hydrogens (primary N) is 1. The highest BCUT2D eigenvalue weighted by Gasteiger charge is 2.18. The Morgan fingerprint density at radius 2 is 2.25 bits per heavy atom. The van der Waals surface area contributed by atoms with Gasteiger partial charge >= 0.3 is 0 Å². The van der Waals surface area contributed by atoms with Gasteiger partial charge in [0.15, 0.2) is 0 Å². The van der Waals surface area contributed by atoms with Crippen LogP contribution < -0.4 is 15.4 Å². The highest BCUT2D eigenvalue weighted by atomic mass is 16.5. The normalized spacial score (nSPS) is 20.8. The summed E-state index contributed by atoms with van der Waals surface area (Å²) in [6.45, 7) is 6.74. The molecule has 0 aliphatic carbocycles. The lowest BCUT2D eigenvalue weighted by Gasteiger charge is -2.33. The number of anilines is 1. The number of benzene rings is 1. The molecule has 1 fully saturated rings. The monoisotopic (exact) mass is 278 g/mol. The van der Waals surface area contributed by atoms with Crippen LogP contribution in [0.15, 0.2) is 18.2 Å². The van der Waals surface area contributed by atoms with Crippen LogP contribution in [-0.2, 0) is 4.74 Å². The third kappa shape index (κ3) is 3.87. The van der Waals surface area contributed by atoms with E-state index in [0.29, 0.717) is 12.6 Å². The second-order valence-corrected chi connectivity index (χ2v) is 5.65. The molecule has 112 valence electrons. The fraction of sp³-hybridized carbons (Fsp3) is 0.625. The van der Waals surface area contributed by atoms with Gasteiger partial charge in [-0.25, -0.2) is 0 Å². The third-order valence-electron chi connectivity index (χ3n) is 3.85. The van der Waals surface area contributed by atoms with Gasteiger partial charge < -0.3 is 20.1 Å². The van der Waals surface area contributed by atoms with E-state index >= 15 is 0 Å². The fourth-order valence-electron chi connectivity index (χ4n) is 2.58. The Labute approximate surface area is 121 Å². The van der Waals surface area contributed by atoms with Crippen molar-refractivity contribution in [3.05, 3.63) is 23.8 Å². The van der Waals surface area contributed by atoms with E-state index in [-0.39, 0.29) is 6.10 Å². The maximum atomic E-state index is 6.06. The van der Waals surface area contributed by atoms with Gasteiger partial charge in [0.25, 0.3) is 0 Å². The summed E-state index contributed by atoms with van der Waals surface area (Å²) in [6.07, 6.45) is 2.41. The van der Waals surface area contributed by atoms with E-state index in [0.717, 1.165) is 25.3 Å². The molecule has 0 spiro atoms. The standard InChI is InChI=1S/C16H26N2O2/c1-12-9-15(20-11-13(2)19-3)6-7-16(12)18-8-4-5-14(17)10-18/h6-7,9,13-14H,4-5,8,10-11,17H2,1-3H3. The van der Waals surface area contributed by atoms with Gasteiger partial charge in [-0.15, -0.1) is 0 Å². The highest BCUT2D eigenvalue weighted by molar-refractivity contribution is 5.56. The van der Waals surface area contributed by atoms with E-state index in [2.05, 4.69) is 24.0 Å². The first-order valence-electron chi connectivity index (χ1n) is 7.37. The average molecular weight is 278 g/mol. The number of piperidine rings is 1. The summed E-state index contributed by atoms with van der Waals surface area (Å²) in [5.74, 6) is 0.899. The summed E-state index contributed by atoms with van der Waals surface area (Å²) >= 11 is 0. The summed E-state index contributed by atoms with van der Waals surface area (Å²) in [7, 11) is 1.70. The van der Waals surface area contributed by atoms with Gasteiger partial charge in [0, 0.05) is 31.9 Å². The molecule has 1 aliphatic heterocycles. The molecule has 2 unspecified atom stereocenters. The number of hydrogen-bond acceptors (Lipinski definition) is 4. The molecule has 1 aromatic carbocycles. The Kier molecular flexibility index (Phi) is 5.26. The minimum absolute atomic E-state index is 0.107. The molecule has 0 amide bonds. The van der Waals surface area contributed by atoms with E-state index in [1.807, 2.05) is 13.0 Å².